The summed E-state index contributed by atoms with van der Waals surface area (Å²) in [6.45, 7) is 0. The zero-order chi connectivity index (χ0) is 15.7. The minimum atomic E-state index is -0.163. The van der Waals surface area contributed by atoms with Crippen molar-refractivity contribution in [1.29, 1.82) is 0 Å². The number of aldehydes is 1. The number of carbonyl (C=O) groups excluding carboxylic acids is 1. The Morgan fingerprint density at radius 2 is 1.86 bits per heavy atom. The molecule has 2 N–H and O–H groups in total. The zero-order valence-electron chi connectivity index (χ0n) is 11.6. The van der Waals surface area contributed by atoms with Gasteiger partial charge in [-0.15, -0.1) is 0 Å². The van der Waals surface area contributed by atoms with Crippen molar-refractivity contribution in [3.05, 3.63) is 69.7 Å². The van der Waals surface area contributed by atoms with E-state index in [4.69, 9.17) is 0 Å². The predicted molar refractivity (Wildman–Crippen MR) is 89.6 cm³/mol. The van der Waals surface area contributed by atoms with Crippen LogP contribution in [0.25, 0.3) is 10.8 Å². The summed E-state index contributed by atoms with van der Waals surface area (Å²) in [7, 11) is 0. The van der Waals surface area contributed by atoms with E-state index in [2.05, 4.69) is 15.9 Å². The summed E-state index contributed by atoms with van der Waals surface area (Å²) in [4.78, 5) is 10.9. The van der Waals surface area contributed by atoms with Gasteiger partial charge in [-0.05, 0) is 34.5 Å². The fourth-order valence-corrected chi connectivity index (χ4v) is 3.03. The molecule has 4 heteroatoms. The molecule has 3 nitrogen and oxygen atoms in total. The summed E-state index contributed by atoms with van der Waals surface area (Å²) in [5.74, 6) is -0.179. The number of phenols is 2. The van der Waals surface area contributed by atoms with Gasteiger partial charge in [-0.2, -0.15) is 0 Å². The Hall–Kier alpha value is -2.33. The molecule has 0 spiro atoms. The SMILES string of the molecule is O=Cc1ccc(O)c(Cc2ccc3c(Br)cccc3c2)c1O. The van der Waals surface area contributed by atoms with Crippen molar-refractivity contribution in [2.24, 2.45) is 0 Å². The van der Waals surface area contributed by atoms with Crippen molar-refractivity contribution in [1.82, 2.24) is 0 Å². The first kappa shape index (κ1) is 14.6. The van der Waals surface area contributed by atoms with E-state index in [1.54, 1.807) is 0 Å². The number of fused-ring (bicyclic) bond motifs is 1. The van der Waals surface area contributed by atoms with Crippen LogP contribution in [0.1, 0.15) is 21.5 Å². The normalized spacial score (nSPS) is 10.8. The molecule has 0 aliphatic rings. The van der Waals surface area contributed by atoms with Crippen molar-refractivity contribution in [2.45, 2.75) is 6.42 Å². The third kappa shape index (κ3) is 2.57. The second-order valence-corrected chi connectivity index (χ2v) is 5.95. The molecular weight excluding hydrogens is 344 g/mol. The lowest BCUT2D eigenvalue weighted by Gasteiger charge is -2.10. The van der Waals surface area contributed by atoms with Gasteiger partial charge in [-0.25, -0.2) is 0 Å². The summed E-state index contributed by atoms with van der Waals surface area (Å²) in [6, 6.07) is 14.7. The van der Waals surface area contributed by atoms with Crippen LogP contribution in [0.4, 0.5) is 0 Å². The van der Waals surface area contributed by atoms with Crippen LogP contribution in [0.3, 0.4) is 0 Å². The minimum Gasteiger partial charge on any atom is -0.508 e. The summed E-state index contributed by atoms with van der Waals surface area (Å²) < 4.78 is 1.02. The van der Waals surface area contributed by atoms with Crippen LogP contribution in [0, 0.1) is 0 Å². The quantitative estimate of drug-likeness (QED) is 0.683. The highest BCUT2D eigenvalue weighted by Crippen LogP contribution is 2.33. The summed E-state index contributed by atoms with van der Waals surface area (Å²) in [6.07, 6.45) is 0.928. The van der Waals surface area contributed by atoms with Gasteiger partial charge >= 0.3 is 0 Å². The summed E-state index contributed by atoms with van der Waals surface area (Å²) in [5.41, 5.74) is 1.48. The van der Waals surface area contributed by atoms with Crippen molar-refractivity contribution in [3.8, 4) is 11.5 Å². The highest BCUT2D eigenvalue weighted by Gasteiger charge is 2.13. The van der Waals surface area contributed by atoms with Crippen LogP contribution < -0.4 is 0 Å². The third-order valence-electron chi connectivity index (χ3n) is 3.69. The molecule has 22 heavy (non-hydrogen) atoms. The predicted octanol–water partition coefficient (Wildman–Crippen LogP) is 4.42. The molecule has 0 heterocycles. The Balaban J connectivity index is 2.05. The maximum atomic E-state index is 10.9. The van der Waals surface area contributed by atoms with Gasteiger partial charge in [0, 0.05) is 16.5 Å². The van der Waals surface area contributed by atoms with E-state index in [0.29, 0.717) is 18.3 Å². The number of rotatable bonds is 3. The third-order valence-corrected chi connectivity index (χ3v) is 4.38. The molecule has 0 saturated heterocycles. The molecule has 110 valence electrons. The van der Waals surface area contributed by atoms with E-state index in [0.717, 1.165) is 20.8 Å². The van der Waals surface area contributed by atoms with Crippen molar-refractivity contribution in [2.75, 3.05) is 0 Å². The number of aromatic hydroxyl groups is 2. The van der Waals surface area contributed by atoms with E-state index in [9.17, 15) is 15.0 Å². The lowest BCUT2D eigenvalue weighted by molar-refractivity contribution is 0.112. The molecule has 0 atom stereocenters. The second-order valence-electron chi connectivity index (χ2n) is 5.09. The van der Waals surface area contributed by atoms with Crippen LogP contribution >= 0.6 is 15.9 Å². The van der Waals surface area contributed by atoms with Crippen LogP contribution in [0.2, 0.25) is 0 Å². The molecule has 0 aliphatic carbocycles. The van der Waals surface area contributed by atoms with Crippen LogP contribution in [-0.4, -0.2) is 16.5 Å². The minimum absolute atomic E-state index is 0.0163. The Bertz CT molecular complexity index is 872. The van der Waals surface area contributed by atoms with Gasteiger partial charge < -0.3 is 10.2 Å². The van der Waals surface area contributed by atoms with Crippen molar-refractivity contribution in [3.63, 3.8) is 0 Å². The highest BCUT2D eigenvalue weighted by molar-refractivity contribution is 9.10. The molecule has 3 aromatic carbocycles. The number of hydrogen-bond donors (Lipinski definition) is 2. The fraction of sp³-hybridized carbons (Fsp3) is 0.0556. The molecule has 3 rings (SSSR count). The van der Waals surface area contributed by atoms with Gasteiger partial charge in [0.15, 0.2) is 6.29 Å². The summed E-state index contributed by atoms with van der Waals surface area (Å²) in [5, 5.41) is 22.2. The van der Waals surface area contributed by atoms with E-state index < -0.39 is 0 Å². The lowest BCUT2D eigenvalue weighted by atomic mass is 9.98. The van der Waals surface area contributed by atoms with Crippen LogP contribution in [0.15, 0.2) is 53.0 Å². The molecule has 0 amide bonds. The number of carbonyl (C=O) groups is 1. The standard InChI is InChI=1S/C18H13BrO3/c19-16-3-1-2-12-8-11(4-6-14(12)16)9-15-17(21)7-5-13(10-20)18(15)22/h1-8,10,21-22H,9H2. The maximum Gasteiger partial charge on any atom is 0.153 e. The van der Waals surface area contributed by atoms with Gasteiger partial charge in [-0.1, -0.05) is 46.3 Å². The molecule has 0 saturated carbocycles. The number of phenolic OH excluding ortho intramolecular Hbond substituents is 2. The molecule has 0 radical (unpaired) electrons. The molecule has 0 unspecified atom stereocenters. The largest absolute Gasteiger partial charge is 0.508 e. The fourth-order valence-electron chi connectivity index (χ4n) is 2.52. The van der Waals surface area contributed by atoms with Gasteiger partial charge in [0.25, 0.3) is 0 Å². The first-order chi connectivity index (χ1) is 10.6. The number of halogens is 1. The van der Waals surface area contributed by atoms with Crippen molar-refractivity contribution >= 4 is 33.0 Å². The topological polar surface area (TPSA) is 57.5 Å². The summed E-state index contributed by atoms with van der Waals surface area (Å²) >= 11 is 3.51. The average molecular weight is 357 g/mol. The first-order valence-electron chi connectivity index (χ1n) is 6.76. The lowest BCUT2D eigenvalue weighted by Crippen LogP contribution is -1.93. The molecule has 0 aromatic heterocycles. The first-order valence-corrected chi connectivity index (χ1v) is 7.55. The monoisotopic (exact) mass is 356 g/mol. The average Bonchev–Trinajstić information content (AvgIpc) is 2.52. The Morgan fingerprint density at radius 1 is 1.05 bits per heavy atom. The van der Waals surface area contributed by atoms with Gasteiger partial charge in [0.05, 0.1) is 5.56 Å². The van der Waals surface area contributed by atoms with Gasteiger partial charge in [0.2, 0.25) is 0 Å². The Kier molecular flexibility index (Phi) is 3.86. The Labute approximate surface area is 136 Å². The molecule has 3 aromatic rings. The van der Waals surface area contributed by atoms with Gasteiger partial charge in [0.1, 0.15) is 11.5 Å². The highest BCUT2D eigenvalue weighted by atomic mass is 79.9. The molecular formula is C18H13BrO3. The second kappa shape index (κ2) is 5.81. The van der Waals surface area contributed by atoms with Crippen LogP contribution in [0.5, 0.6) is 11.5 Å². The van der Waals surface area contributed by atoms with Crippen LogP contribution in [-0.2, 0) is 6.42 Å². The molecule has 0 aliphatic heterocycles. The van der Waals surface area contributed by atoms with E-state index in [1.807, 2.05) is 36.4 Å². The zero-order valence-corrected chi connectivity index (χ0v) is 13.2. The van der Waals surface area contributed by atoms with Crippen molar-refractivity contribution < 1.29 is 15.0 Å². The van der Waals surface area contributed by atoms with E-state index >= 15 is 0 Å². The molecule has 0 fully saturated rings. The maximum absolute atomic E-state index is 10.9. The number of hydrogen-bond acceptors (Lipinski definition) is 3. The Morgan fingerprint density at radius 3 is 2.64 bits per heavy atom. The molecule has 0 bridgehead atoms. The van der Waals surface area contributed by atoms with Gasteiger partial charge in [-0.3, -0.25) is 4.79 Å². The number of benzene rings is 3. The smallest absolute Gasteiger partial charge is 0.153 e. The van der Waals surface area contributed by atoms with E-state index in [1.165, 1.54) is 12.1 Å². The van der Waals surface area contributed by atoms with E-state index in [-0.39, 0.29) is 17.1 Å².